The first-order valence-electron chi connectivity index (χ1n) is 7.83. The van der Waals surface area contributed by atoms with Crippen LogP contribution in [0, 0.1) is 13.8 Å². The summed E-state index contributed by atoms with van der Waals surface area (Å²) in [5.41, 5.74) is 4.13. The molecule has 1 heterocycles. The fourth-order valence-corrected chi connectivity index (χ4v) is 2.78. The second-order valence-corrected chi connectivity index (χ2v) is 6.01. The minimum Gasteiger partial charge on any atom is -0.456 e. The van der Waals surface area contributed by atoms with E-state index in [1.54, 1.807) is 6.92 Å². The third-order valence-electron chi connectivity index (χ3n) is 3.77. The Hall–Kier alpha value is -2.39. The molecule has 3 heteroatoms. The molecule has 3 rings (SSSR count). The van der Waals surface area contributed by atoms with Gasteiger partial charge in [0, 0.05) is 17.0 Å². The standard InChI is InChI=1S/C20H21NO2/c1-13-9-14(2)20-17(21-12-15(3)22)11-18(23-19(20)10-13)16-7-5-4-6-8-16/h4-11,15,22H,12H2,1-3H3/t15-/m1/s1. The first kappa shape index (κ1) is 15.5. The first-order chi connectivity index (χ1) is 11.0. The molecular formula is C20H21NO2. The topological polar surface area (TPSA) is 45.7 Å². The van der Waals surface area contributed by atoms with Crippen LogP contribution in [0.5, 0.6) is 0 Å². The molecule has 3 aromatic rings. The third-order valence-corrected chi connectivity index (χ3v) is 3.77. The Balaban J connectivity index is 2.31. The lowest BCUT2D eigenvalue weighted by atomic mass is 10.0. The van der Waals surface area contributed by atoms with Crippen LogP contribution in [0.2, 0.25) is 0 Å². The van der Waals surface area contributed by atoms with Gasteiger partial charge < -0.3 is 9.52 Å². The highest BCUT2D eigenvalue weighted by Crippen LogP contribution is 2.24. The second kappa shape index (κ2) is 6.39. The van der Waals surface area contributed by atoms with E-state index in [1.807, 2.05) is 42.5 Å². The predicted octanol–water partition coefficient (Wildman–Crippen LogP) is 4.00. The fraction of sp³-hybridized carbons (Fsp3) is 0.250. The highest BCUT2D eigenvalue weighted by molar-refractivity contribution is 5.82. The van der Waals surface area contributed by atoms with Gasteiger partial charge in [-0.3, -0.25) is 4.99 Å². The summed E-state index contributed by atoms with van der Waals surface area (Å²) < 4.78 is 6.13. The van der Waals surface area contributed by atoms with Crippen molar-refractivity contribution >= 4 is 11.0 Å². The zero-order chi connectivity index (χ0) is 16.4. The van der Waals surface area contributed by atoms with E-state index in [4.69, 9.17) is 4.42 Å². The number of aliphatic hydroxyl groups excluding tert-OH is 1. The molecule has 0 fully saturated rings. The van der Waals surface area contributed by atoms with Gasteiger partial charge in [-0.05, 0) is 38.0 Å². The van der Waals surface area contributed by atoms with Crippen molar-refractivity contribution in [3.63, 3.8) is 0 Å². The molecule has 0 amide bonds. The van der Waals surface area contributed by atoms with Gasteiger partial charge in [0.05, 0.1) is 18.0 Å². The molecule has 1 N–H and O–H groups in total. The van der Waals surface area contributed by atoms with E-state index in [0.29, 0.717) is 6.54 Å². The van der Waals surface area contributed by atoms with Gasteiger partial charge in [-0.25, -0.2) is 0 Å². The van der Waals surface area contributed by atoms with Gasteiger partial charge in [-0.1, -0.05) is 36.4 Å². The van der Waals surface area contributed by atoms with Crippen LogP contribution in [0.15, 0.2) is 57.9 Å². The van der Waals surface area contributed by atoms with Gasteiger partial charge in [0.1, 0.15) is 11.3 Å². The molecule has 0 aliphatic carbocycles. The summed E-state index contributed by atoms with van der Waals surface area (Å²) in [6.45, 7) is 6.24. The molecule has 0 saturated carbocycles. The number of hydrogen-bond donors (Lipinski definition) is 1. The molecule has 23 heavy (non-hydrogen) atoms. The van der Waals surface area contributed by atoms with E-state index in [0.717, 1.165) is 38.8 Å². The highest BCUT2D eigenvalue weighted by atomic mass is 16.3. The molecule has 0 spiro atoms. The smallest absolute Gasteiger partial charge is 0.137 e. The molecule has 1 aromatic heterocycles. The summed E-state index contributed by atoms with van der Waals surface area (Å²) in [5, 5.41) is 11.4. The highest BCUT2D eigenvalue weighted by Gasteiger charge is 2.09. The summed E-state index contributed by atoms with van der Waals surface area (Å²) in [7, 11) is 0. The average Bonchev–Trinajstić information content (AvgIpc) is 2.52. The fourth-order valence-electron chi connectivity index (χ4n) is 2.78. The SMILES string of the molecule is Cc1cc(C)c2c(=NC[C@@H](C)O)cc(-c3ccccc3)oc2c1. The maximum atomic E-state index is 9.57. The molecule has 2 aromatic carbocycles. The number of fused-ring (bicyclic) bond motifs is 1. The lowest BCUT2D eigenvalue weighted by Crippen LogP contribution is -2.12. The number of benzene rings is 2. The van der Waals surface area contributed by atoms with Crippen LogP contribution in [-0.2, 0) is 0 Å². The molecule has 0 aliphatic heterocycles. The van der Waals surface area contributed by atoms with Crippen LogP contribution in [0.4, 0.5) is 0 Å². The summed E-state index contributed by atoms with van der Waals surface area (Å²) >= 11 is 0. The van der Waals surface area contributed by atoms with Gasteiger partial charge in [0.25, 0.3) is 0 Å². The van der Waals surface area contributed by atoms with Crippen LogP contribution in [0.25, 0.3) is 22.3 Å². The molecule has 0 unspecified atom stereocenters. The third kappa shape index (κ3) is 3.35. The Morgan fingerprint density at radius 2 is 1.83 bits per heavy atom. The van der Waals surface area contributed by atoms with Crippen LogP contribution in [-0.4, -0.2) is 17.8 Å². The molecule has 0 bridgehead atoms. The van der Waals surface area contributed by atoms with E-state index in [-0.39, 0.29) is 0 Å². The van der Waals surface area contributed by atoms with Crippen molar-refractivity contribution in [3.05, 3.63) is 65.0 Å². The molecule has 1 atom stereocenters. The largest absolute Gasteiger partial charge is 0.456 e. The second-order valence-electron chi connectivity index (χ2n) is 6.01. The van der Waals surface area contributed by atoms with Crippen molar-refractivity contribution in [1.82, 2.24) is 0 Å². The molecular weight excluding hydrogens is 286 g/mol. The monoisotopic (exact) mass is 307 g/mol. The van der Waals surface area contributed by atoms with Crippen molar-refractivity contribution in [2.75, 3.05) is 6.54 Å². The number of rotatable bonds is 3. The number of hydrogen-bond acceptors (Lipinski definition) is 3. The lowest BCUT2D eigenvalue weighted by molar-refractivity contribution is 0.203. The van der Waals surface area contributed by atoms with Gasteiger partial charge in [-0.15, -0.1) is 0 Å². The maximum absolute atomic E-state index is 9.57. The Bertz CT molecular complexity index is 893. The Kier molecular flexibility index (Phi) is 4.30. The Morgan fingerprint density at radius 1 is 1.09 bits per heavy atom. The van der Waals surface area contributed by atoms with Gasteiger partial charge in [0.15, 0.2) is 0 Å². The van der Waals surface area contributed by atoms with E-state index in [1.165, 1.54) is 0 Å². The summed E-state index contributed by atoms with van der Waals surface area (Å²) in [5.74, 6) is 0.785. The van der Waals surface area contributed by atoms with E-state index < -0.39 is 6.10 Å². The quantitative estimate of drug-likeness (QED) is 0.795. The van der Waals surface area contributed by atoms with Crippen molar-refractivity contribution in [1.29, 1.82) is 0 Å². The van der Waals surface area contributed by atoms with Crippen molar-refractivity contribution in [2.45, 2.75) is 26.9 Å². The van der Waals surface area contributed by atoms with Crippen LogP contribution < -0.4 is 5.36 Å². The first-order valence-corrected chi connectivity index (χ1v) is 7.83. The molecule has 3 nitrogen and oxygen atoms in total. The molecule has 0 radical (unpaired) electrons. The molecule has 0 saturated heterocycles. The number of aliphatic hydroxyl groups is 1. The molecule has 0 aliphatic rings. The normalized spacial score (nSPS) is 13.5. The molecule has 118 valence electrons. The summed E-state index contributed by atoms with van der Waals surface area (Å²) in [4.78, 5) is 4.60. The van der Waals surface area contributed by atoms with E-state index in [2.05, 4.69) is 24.9 Å². The zero-order valence-electron chi connectivity index (χ0n) is 13.7. The predicted molar refractivity (Wildman–Crippen MR) is 93.2 cm³/mol. The lowest BCUT2D eigenvalue weighted by Gasteiger charge is -2.09. The number of aryl methyl sites for hydroxylation is 2. The minimum atomic E-state index is -0.465. The van der Waals surface area contributed by atoms with Crippen LogP contribution in [0.3, 0.4) is 0 Å². The van der Waals surface area contributed by atoms with Crippen LogP contribution in [0.1, 0.15) is 18.1 Å². The van der Waals surface area contributed by atoms with Gasteiger partial charge in [-0.2, -0.15) is 0 Å². The van der Waals surface area contributed by atoms with Crippen molar-refractivity contribution in [3.8, 4) is 11.3 Å². The van der Waals surface area contributed by atoms with Crippen LogP contribution >= 0.6 is 0 Å². The summed E-state index contributed by atoms with van der Waals surface area (Å²) in [6, 6.07) is 16.1. The van der Waals surface area contributed by atoms with E-state index >= 15 is 0 Å². The van der Waals surface area contributed by atoms with Gasteiger partial charge in [0.2, 0.25) is 0 Å². The number of nitrogens with zero attached hydrogens (tertiary/aromatic N) is 1. The zero-order valence-corrected chi connectivity index (χ0v) is 13.7. The van der Waals surface area contributed by atoms with Crippen molar-refractivity contribution in [2.24, 2.45) is 4.99 Å². The van der Waals surface area contributed by atoms with Crippen molar-refractivity contribution < 1.29 is 9.52 Å². The Morgan fingerprint density at radius 3 is 2.52 bits per heavy atom. The van der Waals surface area contributed by atoms with E-state index in [9.17, 15) is 5.11 Å². The summed E-state index contributed by atoms with van der Waals surface area (Å²) in [6.07, 6.45) is -0.465. The van der Waals surface area contributed by atoms with Gasteiger partial charge >= 0.3 is 0 Å². The Labute approximate surface area is 135 Å². The average molecular weight is 307 g/mol. The minimum absolute atomic E-state index is 0.376. The maximum Gasteiger partial charge on any atom is 0.137 e.